The first-order valence-electron chi connectivity index (χ1n) is 5.74. The van der Waals surface area contributed by atoms with Crippen LogP contribution in [-0.4, -0.2) is 38.2 Å². The zero-order valence-electron chi connectivity index (χ0n) is 11.6. The summed E-state index contributed by atoms with van der Waals surface area (Å²) in [6.07, 6.45) is -6.44. The van der Waals surface area contributed by atoms with Crippen molar-refractivity contribution in [2.45, 2.75) is 49.5 Å². The minimum absolute atomic E-state index is 0.924. The van der Waals surface area contributed by atoms with Crippen LogP contribution in [-0.2, 0) is 4.43 Å². The minimum Gasteiger partial charge on any atom is -0.543 e. The van der Waals surface area contributed by atoms with Gasteiger partial charge in [0.1, 0.15) is 0 Å². The Kier molecular flexibility index (Phi) is 4.14. The minimum atomic E-state index is -6.97. The smallest absolute Gasteiger partial charge is 0.422 e. The maximum absolute atomic E-state index is 13.6. The van der Waals surface area contributed by atoms with E-state index in [0.29, 0.717) is 0 Å². The Morgan fingerprint density at radius 2 is 1.09 bits per heavy atom. The molecule has 0 fully saturated rings. The molecule has 23 heavy (non-hydrogen) atoms. The third kappa shape index (κ3) is 2.69. The first-order valence-corrected chi connectivity index (χ1v) is 9.15. The van der Waals surface area contributed by atoms with Gasteiger partial charge in [0.2, 0.25) is 8.32 Å². The van der Waals surface area contributed by atoms with E-state index in [0.717, 1.165) is 19.6 Å². The predicted molar refractivity (Wildman–Crippen MR) is 57.3 cm³/mol. The van der Waals surface area contributed by atoms with Gasteiger partial charge in [-0.2, -0.15) is 48.3 Å². The SMILES string of the molecule is C[Si](C)(C)OC1=C(C(F)(F)F)C(F)(F)C(F)(F)C(F)(F)C1(F)F. The van der Waals surface area contributed by atoms with Crippen molar-refractivity contribution >= 4 is 8.32 Å². The van der Waals surface area contributed by atoms with Gasteiger partial charge in [0, 0.05) is 0 Å². The highest BCUT2D eigenvalue weighted by Gasteiger charge is 2.89. The van der Waals surface area contributed by atoms with Crippen LogP contribution in [0.4, 0.5) is 48.3 Å². The number of allylic oxidation sites excluding steroid dienone is 2. The Bertz CT molecular complexity index is 526. The first-order chi connectivity index (χ1) is 9.71. The van der Waals surface area contributed by atoms with Crippen LogP contribution in [0.1, 0.15) is 0 Å². The molecule has 0 saturated heterocycles. The summed E-state index contributed by atoms with van der Waals surface area (Å²) in [4.78, 5) is 0. The van der Waals surface area contributed by atoms with Crippen LogP contribution in [0.5, 0.6) is 0 Å². The van der Waals surface area contributed by atoms with Crippen molar-refractivity contribution in [3.05, 3.63) is 11.3 Å². The Morgan fingerprint density at radius 3 is 1.39 bits per heavy atom. The number of halogens is 11. The highest BCUT2D eigenvalue weighted by Crippen LogP contribution is 2.64. The average Bonchev–Trinajstić information content (AvgIpc) is 2.21. The van der Waals surface area contributed by atoms with Crippen LogP contribution in [0, 0.1) is 0 Å². The molecule has 0 bridgehead atoms. The summed E-state index contributed by atoms with van der Waals surface area (Å²) < 4.78 is 149. The summed E-state index contributed by atoms with van der Waals surface area (Å²) >= 11 is 0. The van der Waals surface area contributed by atoms with E-state index in [2.05, 4.69) is 4.43 Å². The molecule has 0 unspecified atom stereocenters. The molecule has 0 aromatic heterocycles. The number of rotatable bonds is 2. The molecule has 1 aliphatic carbocycles. The Morgan fingerprint density at radius 1 is 0.739 bits per heavy atom. The van der Waals surface area contributed by atoms with Crippen LogP contribution in [0.2, 0.25) is 19.6 Å². The van der Waals surface area contributed by atoms with Crippen LogP contribution in [0.15, 0.2) is 11.3 Å². The Hall–Kier alpha value is -1.01. The van der Waals surface area contributed by atoms with Crippen molar-refractivity contribution in [2.24, 2.45) is 0 Å². The van der Waals surface area contributed by atoms with E-state index >= 15 is 0 Å². The molecule has 0 aromatic rings. The predicted octanol–water partition coefficient (Wildman–Crippen LogP) is 5.21. The fourth-order valence-electron chi connectivity index (χ4n) is 1.72. The second-order valence-corrected chi connectivity index (χ2v) is 10.1. The van der Waals surface area contributed by atoms with Gasteiger partial charge in [-0.25, -0.2) is 0 Å². The molecule has 1 rings (SSSR count). The van der Waals surface area contributed by atoms with Gasteiger partial charge < -0.3 is 4.43 Å². The van der Waals surface area contributed by atoms with Gasteiger partial charge >= 0.3 is 29.9 Å². The maximum Gasteiger partial charge on any atom is 0.422 e. The highest BCUT2D eigenvalue weighted by molar-refractivity contribution is 6.70. The highest BCUT2D eigenvalue weighted by atomic mass is 28.4. The van der Waals surface area contributed by atoms with Crippen molar-refractivity contribution in [1.82, 2.24) is 0 Å². The lowest BCUT2D eigenvalue weighted by atomic mass is 9.84. The van der Waals surface area contributed by atoms with Crippen LogP contribution < -0.4 is 0 Å². The summed E-state index contributed by atoms with van der Waals surface area (Å²) in [5.74, 6) is -29.8. The summed E-state index contributed by atoms with van der Waals surface area (Å²) in [5.41, 5.74) is -3.80. The van der Waals surface area contributed by atoms with Gasteiger partial charge in [-0.05, 0) is 19.6 Å². The molecule has 0 heterocycles. The monoisotopic (exact) mass is 382 g/mol. The molecule has 1 nitrogen and oxygen atoms in total. The van der Waals surface area contributed by atoms with Crippen LogP contribution in [0.25, 0.3) is 0 Å². The number of alkyl halides is 11. The molecule has 0 spiro atoms. The van der Waals surface area contributed by atoms with Crippen molar-refractivity contribution in [3.8, 4) is 0 Å². The molecule has 0 aliphatic heterocycles. The third-order valence-electron chi connectivity index (χ3n) is 2.70. The number of hydrogen-bond donors (Lipinski definition) is 0. The topological polar surface area (TPSA) is 9.23 Å². The summed E-state index contributed by atoms with van der Waals surface area (Å²) in [6, 6.07) is 0. The quantitative estimate of drug-likeness (QED) is 0.471. The fraction of sp³-hybridized carbons (Fsp3) is 0.800. The molecule has 0 radical (unpaired) electrons. The molecular weight excluding hydrogens is 373 g/mol. The van der Waals surface area contributed by atoms with E-state index < -0.39 is 49.5 Å². The molecule has 0 atom stereocenters. The van der Waals surface area contributed by atoms with Crippen molar-refractivity contribution in [2.75, 3.05) is 0 Å². The number of hydrogen-bond acceptors (Lipinski definition) is 1. The molecule has 0 N–H and O–H groups in total. The molecule has 0 saturated carbocycles. The van der Waals surface area contributed by atoms with E-state index in [1.807, 2.05) is 0 Å². The van der Waals surface area contributed by atoms with E-state index in [4.69, 9.17) is 0 Å². The van der Waals surface area contributed by atoms with Crippen LogP contribution in [0.3, 0.4) is 0 Å². The van der Waals surface area contributed by atoms with Gasteiger partial charge in [0.05, 0.1) is 0 Å². The van der Waals surface area contributed by atoms with Crippen molar-refractivity contribution in [3.63, 3.8) is 0 Å². The van der Waals surface area contributed by atoms with Crippen molar-refractivity contribution < 1.29 is 52.7 Å². The van der Waals surface area contributed by atoms with Gasteiger partial charge in [0.15, 0.2) is 11.3 Å². The van der Waals surface area contributed by atoms with Gasteiger partial charge in [0.25, 0.3) is 0 Å². The normalized spacial score (nSPS) is 26.2. The molecular formula is C10H9F11OSi. The zero-order chi connectivity index (χ0) is 18.9. The molecule has 1 aliphatic rings. The summed E-state index contributed by atoms with van der Waals surface area (Å²) in [6.45, 7) is 2.77. The van der Waals surface area contributed by atoms with E-state index in [-0.39, 0.29) is 0 Å². The lowest BCUT2D eigenvalue weighted by Gasteiger charge is -2.44. The van der Waals surface area contributed by atoms with E-state index in [9.17, 15) is 48.3 Å². The average molecular weight is 382 g/mol. The lowest BCUT2D eigenvalue weighted by molar-refractivity contribution is -0.372. The Balaban J connectivity index is 3.94. The molecule has 0 amide bonds. The zero-order valence-corrected chi connectivity index (χ0v) is 12.6. The lowest BCUT2D eigenvalue weighted by Crippen LogP contribution is -2.69. The first kappa shape index (κ1) is 20.0. The van der Waals surface area contributed by atoms with Crippen LogP contribution >= 0.6 is 0 Å². The van der Waals surface area contributed by atoms with E-state index in [1.54, 1.807) is 0 Å². The van der Waals surface area contributed by atoms with Crippen molar-refractivity contribution in [1.29, 1.82) is 0 Å². The molecule has 13 heteroatoms. The van der Waals surface area contributed by atoms with Gasteiger partial charge in [-0.15, -0.1) is 0 Å². The second-order valence-electron chi connectivity index (χ2n) is 5.71. The molecule has 136 valence electrons. The Labute approximate surface area is 123 Å². The standard InChI is InChI=1S/C10H9F11OSi/c1-23(2,3)22-5-4(8(15,16)17)6(11,12)9(18,19)10(20,21)7(5,13)14/h1-3H3. The summed E-state index contributed by atoms with van der Waals surface area (Å²) in [5, 5.41) is 0. The van der Waals surface area contributed by atoms with Gasteiger partial charge in [-0.1, -0.05) is 0 Å². The fourth-order valence-corrected chi connectivity index (χ4v) is 2.56. The largest absolute Gasteiger partial charge is 0.543 e. The van der Waals surface area contributed by atoms with E-state index in [1.165, 1.54) is 0 Å². The van der Waals surface area contributed by atoms with Gasteiger partial charge in [-0.3, -0.25) is 0 Å². The maximum atomic E-state index is 13.6. The third-order valence-corrected chi connectivity index (χ3v) is 3.52. The summed E-state index contributed by atoms with van der Waals surface area (Å²) in [7, 11) is -3.57. The second kappa shape index (κ2) is 4.76. The molecule has 0 aromatic carbocycles.